The van der Waals surface area contributed by atoms with Gasteiger partial charge in [0.25, 0.3) is 0 Å². The summed E-state index contributed by atoms with van der Waals surface area (Å²) in [6, 6.07) is 7.89. The van der Waals surface area contributed by atoms with Crippen LogP contribution in [-0.2, 0) is 5.41 Å². The fourth-order valence-electron chi connectivity index (χ4n) is 2.41. The number of fused-ring (bicyclic) bond motifs is 1. The molecule has 0 amide bonds. The van der Waals surface area contributed by atoms with Gasteiger partial charge in [-0.05, 0) is 23.0 Å². The molecule has 1 aliphatic rings. The number of hydrogen-bond acceptors (Lipinski definition) is 2. The van der Waals surface area contributed by atoms with E-state index in [1.165, 1.54) is 5.56 Å². The van der Waals surface area contributed by atoms with Gasteiger partial charge in [-0.2, -0.15) is 0 Å². The van der Waals surface area contributed by atoms with Gasteiger partial charge in [0, 0.05) is 6.04 Å². The molecule has 3 heteroatoms. The van der Waals surface area contributed by atoms with Crippen LogP contribution >= 0.6 is 12.4 Å². The fraction of sp³-hybridized carbons (Fsp3) is 0.500. The van der Waals surface area contributed by atoms with Crippen LogP contribution < -0.4 is 5.73 Å². The lowest BCUT2D eigenvalue weighted by Crippen LogP contribution is -2.41. The maximum absolute atomic E-state index is 9.94. The van der Waals surface area contributed by atoms with Crippen molar-refractivity contribution in [3.8, 4) is 0 Å². The molecule has 0 fully saturated rings. The molecular weight excluding hydrogens is 210 g/mol. The van der Waals surface area contributed by atoms with Gasteiger partial charge < -0.3 is 10.8 Å². The molecule has 15 heavy (non-hydrogen) atoms. The van der Waals surface area contributed by atoms with E-state index in [1.54, 1.807) is 0 Å². The second-order valence-corrected chi connectivity index (χ2v) is 4.78. The molecule has 2 nitrogen and oxygen atoms in total. The zero-order chi connectivity index (χ0) is 10.3. The zero-order valence-electron chi connectivity index (χ0n) is 9.10. The number of nitrogens with two attached hydrogens (primary N) is 1. The van der Waals surface area contributed by atoms with E-state index < -0.39 is 6.10 Å². The van der Waals surface area contributed by atoms with Gasteiger partial charge in [0.2, 0.25) is 0 Å². The molecule has 1 aliphatic carbocycles. The van der Waals surface area contributed by atoms with Crippen LogP contribution in [-0.4, -0.2) is 11.1 Å². The summed E-state index contributed by atoms with van der Waals surface area (Å²) in [6.45, 7) is 4.36. The summed E-state index contributed by atoms with van der Waals surface area (Å²) in [5, 5.41) is 9.94. The average Bonchev–Trinajstić information content (AvgIpc) is 2.14. The van der Waals surface area contributed by atoms with Gasteiger partial charge in [0.05, 0.1) is 6.10 Å². The second-order valence-electron chi connectivity index (χ2n) is 4.78. The average molecular weight is 228 g/mol. The first-order valence-corrected chi connectivity index (χ1v) is 5.05. The minimum Gasteiger partial charge on any atom is -0.387 e. The predicted molar refractivity (Wildman–Crippen MR) is 64.3 cm³/mol. The molecule has 84 valence electrons. The molecule has 2 unspecified atom stereocenters. The van der Waals surface area contributed by atoms with Crippen LogP contribution in [0.5, 0.6) is 0 Å². The van der Waals surface area contributed by atoms with Crippen LogP contribution in [0.2, 0.25) is 0 Å². The van der Waals surface area contributed by atoms with E-state index in [0.29, 0.717) is 0 Å². The number of aliphatic hydroxyl groups is 1. The normalized spacial score (nSPS) is 27.7. The maximum atomic E-state index is 9.94. The minimum atomic E-state index is -0.501. The molecule has 2 atom stereocenters. The number of hydrogen-bond donors (Lipinski definition) is 2. The molecule has 0 aliphatic heterocycles. The Morgan fingerprint density at radius 1 is 1.33 bits per heavy atom. The molecule has 1 aromatic carbocycles. The molecular formula is C12H18ClNO. The zero-order valence-corrected chi connectivity index (χ0v) is 9.92. The molecule has 0 aromatic heterocycles. The topological polar surface area (TPSA) is 46.2 Å². The van der Waals surface area contributed by atoms with Crippen molar-refractivity contribution in [1.29, 1.82) is 0 Å². The van der Waals surface area contributed by atoms with E-state index in [2.05, 4.69) is 19.9 Å². The Morgan fingerprint density at radius 2 is 1.93 bits per heavy atom. The highest BCUT2D eigenvalue weighted by molar-refractivity contribution is 5.85. The summed E-state index contributed by atoms with van der Waals surface area (Å²) in [5.74, 6) is 0. The third-order valence-electron chi connectivity index (χ3n) is 3.16. The third-order valence-corrected chi connectivity index (χ3v) is 3.16. The maximum Gasteiger partial charge on any atom is 0.0944 e. The van der Waals surface area contributed by atoms with Crippen molar-refractivity contribution in [1.82, 2.24) is 0 Å². The summed E-state index contributed by atoms with van der Waals surface area (Å²) in [7, 11) is 0. The number of benzene rings is 1. The van der Waals surface area contributed by atoms with E-state index >= 15 is 0 Å². The highest BCUT2D eigenvalue weighted by Crippen LogP contribution is 2.40. The monoisotopic (exact) mass is 227 g/mol. The first-order valence-electron chi connectivity index (χ1n) is 5.05. The SMILES string of the molecule is CC1(C)CC(N)C(O)c2ccccc21.Cl. The first kappa shape index (κ1) is 12.5. The fourth-order valence-corrected chi connectivity index (χ4v) is 2.41. The molecule has 0 bridgehead atoms. The summed E-state index contributed by atoms with van der Waals surface area (Å²) >= 11 is 0. The Morgan fingerprint density at radius 3 is 2.60 bits per heavy atom. The first-order chi connectivity index (χ1) is 6.52. The molecule has 3 N–H and O–H groups in total. The highest BCUT2D eigenvalue weighted by Gasteiger charge is 2.36. The Bertz CT molecular complexity index is 351. The van der Waals surface area contributed by atoms with Crippen LogP contribution in [0.1, 0.15) is 37.5 Å². The van der Waals surface area contributed by atoms with E-state index in [-0.39, 0.29) is 23.9 Å². The molecule has 0 spiro atoms. The van der Waals surface area contributed by atoms with E-state index in [0.717, 1.165) is 12.0 Å². The lowest BCUT2D eigenvalue weighted by Gasteiger charge is -2.38. The molecule has 2 rings (SSSR count). The van der Waals surface area contributed by atoms with Crippen molar-refractivity contribution < 1.29 is 5.11 Å². The molecule has 0 heterocycles. The van der Waals surface area contributed by atoms with Gasteiger partial charge in [-0.1, -0.05) is 38.1 Å². The van der Waals surface area contributed by atoms with Crippen LogP contribution in [0.25, 0.3) is 0 Å². The molecule has 0 radical (unpaired) electrons. The Balaban J connectivity index is 0.00000112. The highest BCUT2D eigenvalue weighted by atomic mass is 35.5. The summed E-state index contributed by atoms with van der Waals surface area (Å²) in [6.07, 6.45) is 0.338. The lowest BCUT2D eigenvalue weighted by molar-refractivity contribution is 0.116. The number of aliphatic hydroxyl groups excluding tert-OH is 1. The van der Waals surface area contributed by atoms with E-state index in [1.807, 2.05) is 18.2 Å². The van der Waals surface area contributed by atoms with Gasteiger partial charge in [0.15, 0.2) is 0 Å². The second kappa shape index (κ2) is 4.12. The smallest absolute Gasteiger partial charge is 0.0944 e. The van der Waals surface area contributed by atoms with Gasteiger partial charge in [0.1, 0.15) is 0 Å². The van der Waals surface area contributed by atoms with Gasteiger partial charge in [-0.15, -0.1) is 12.4 Å². The van der Waals surface area contributed by atoms with Crippen LogP contribution in [0.15, 0.2) is 24.3 Å². The van der Waals surface area contributed by atoms with Crippen molar-refractivity contribution in [3.63, 3.8) is 0 Å². The van der Waals surface area contributed by atoms with Crippen LogP contribution in [0, 0.1) is 0 Å². The Hall–Kier alpha value is -0.570. The third kappa shape index (κ3) is 2.03. The summed E-state index contributed by atoms with van der Waals surface area (Å²) in [5.41, 5.74) is 8.22. The van der Waals surface area contributed by atoms with Crippen molar-refractivity contribution in [2.45, 2.75) is 37.8 Å². The van der Waals surface area contributed by atoms with Crippen LogP contribution in [0.3, 0.4) is 0 Å². The van der Waals surface area contributed by atoms with Crippen molar-refractivity contribution in [3.05, 3.63) is 35.4 Å². The van der Waals surface area contributed by atoms with E-state index in [9.17, 15) is 5.11 Å². The Labute approximate surface area is 96.9 Å². The van der Waals surface area contributed by atoms with Crippen molar-refractivity contribution in [2.75, 3.05) is 0 Å². The molecule has 0 saturated heterocycles. The number of rotatable bonds is 0. The summed E-state index contributed by atoms with van der Waals surface area (Å²) < 4.78 is 0. The van der Waals surface area contributed by atoms with Gasteiger partial charge in [-0.25, -0.2) is 0 Å². The van der Waals surface area contributed by atoms with Crippen LogP contribution in [0.4, 0.5) is 0 Å². The van der Waals surface area contributed by atoms with E-state index in [4.69, 9.17) is 5.73 Å². The number of halogens is 1. The van der Waals surface area contributed by atoms with Gasteiger partial charge >= 0.3 is 0 Å². The Kier molecular flexibility index (Phi) is 3.44. The largest absolute Gasteiger partial charge is 0.387 e. The standard InChI is InChI=1S/C12H17NO.ClH/c1-12(2)7-10(13)11(14)8-5-3-4-6-9(8)12;/h3-6,10-11,14H,7,13H2,1-2H3;1H. The summed E-state index contributed by atoms with van der Waals surface area (Å²) in [4.78, 5) is 0. The quantitative estimate of drug-likeness (QED) is 0.714. The molecule has 0 saturated carbocycles. The van der Waals surface area contributed by atoms with Gasteiger partial charge in [-0.3, -0.25) is 0 Å². The molecule has 1 aromatic rings. The lowest BCUT2D eigenvalue weighted by atomic mass is 9.70. The minimum absolute atomic E-state index is 0. The predicted octanol–water partition coefficient (Wildman–Crippen LogP) is 2.15. The van der Waals surface area contributed by atoms with Crippen molar-refractivity contribution >= 4 is 12.4 Å². The van der Waals surface area contributed by atoms with Crippen molar-refractivity contribution in [2.24, 2.45) is 5.73 Å².